The highest BCUT2D eigenvalue weighted by atomic mass is 16.1. The van der Waals surface area contributed by atoms with E-state index in [1.165, 1.54) is 0 Å². The molecular weight excluding hydrogens is 224 g/mol. The predicted octanol–water partition coefficient (Wildman–Crippen LogP) is 2.42. The Balaban J connectivity index is 2.48. The molecule has 0 heterocycles. The first-order valence-corrected chi connectivity index (χ1v) is 6.77. The van der Waals surface area contributed by atoms with E-state index in [1.807, 2.05) is 37.3 Å². The van der Waals surface area contributed by atoms with E-state index in [0.29, 0.717) is 6.54 Å². The van der Waals surface area contributed by atoms with Gasteiger partial charge in [-0.3, -0.25) is 4.79 Å². The number of hydrogen-bond donors (Lipinski definition) is 2. The minimum atomic E-state index is -0.0518. The lowest BCUT2D eigenvalue weighted by Crippen LogP contribution is -2.33. The highest BCUT2D eigenvalue weighted by molar-refractivity contribution is 5.83. The van der Waals surface area contributed by atoms with Crippen LogP contribution in [0, 0.1) is 0 Å². The third kappa shape index (κ3) is 4.49. The number of amides is 1. The van der Waals surface area contributed by atoms with E-state index < -0.39 is 0 Å². The highest BCUT2D eigenvalue weighted by Crippen LogP contribution is 2.19. The van der Waals surface area contributed by atoms with Crippen LogP contribution in [0.1, 0.15) is 44.6 Å². The average Bonchev–Trinajstić information content (AvgIpc) is 2.40. The van der Waals surface area contributed by atoms with Crippen molar-refractivity contribution in [2.45, 2.75) is 45.1 Å². The van der Waals surface area contributed by atoms with Crippen molar-refractivity contribution in [1.29, 1.82) is 0 Å². The lowest BCUT2D eigenvalue weighted by Gasteiger charge is -2.16. The van der Waals surface area contributed by atoms with E-state index in [4.69, 9.17) is 5.73 Å². The van der Waals surface area contributed by atoms with Gasteiger partial charge in [-0.2, -0.15) is 0 Å². The number of hydrogen-bond acceptors (Lipinski definition) is 2. The molecule has 0 radical (unpaired) electrons. The molecule has 0 bridgehead atoms. The Morgan fingerprint density at radius 2 is 1.89 bits per heavy atom. The van der Waals surface area contributed by atoms with Gasteiger partial charge in [0, 0.05) is 12.6 Å². The van der Waals surface area contributed by atoms with Crippen LogP contribution in [0.25, 0.3) is 0 Å². The van der Waals surface area contributed by atoms with E-state index in [2.05, 4.69) is 12.2 Å². The fourth-order valence-electron chi connectivity index (χ4n) is 1.97. The molecule has 1 amide bonds. The Bertz CT molecular complexity index is 351. The summed E-state index contributed by atoms with van der Waals surface area (Å²) in [6, 6.07) is 10.1. The van der Waals surface area contributed by atoms with E-state index in [-0.39, 0.29) is 17.9 Å². The summed E-state index contributed by atoms with van der Waals surface area (Å²) in [7, 11) is 0. The molecule has 100 valence electrons. The quantitative estimate of drug-likeness (QED) is 0.778. The number of benzene rings is 1. The SMILES string of the molecule is CCC(N)CCNC(=O)C(CC)c1ccccc1. The maximum Gasteiger partial charge on any atom is 0.227 e. The summed E-state index contributed by atoms with van der Waals surface area (Å²) in [5.74, 6) is 0.0519. The predicted molar refractivity (Wildman–Crippen MR) is 75.4 cm³/mol. The van der Waals surface area contributed by atoms with Gasteiger partial charge in [0.25, 0.3) is 0 Å². The normalized spacial score (nSPS) is 13.9. The summed E-state index contributed by atoms with van der Waals surface area (Å²) in [4.78, 5) is 12.1. The Labute approximate surface area is 110 Å². The van der Waals surface area contributed by atoms with Gasteiger partial charge in [0.05, 0.1) is 5.92 Å². The summed E-state index contributed by atoms with van der Waals surface area (Å²) < 4.78 is 0. The molecule has 1 rings (SSSR count). The molecule has 0 aliphatic carbocycles. The topological polar surface area (TPSA) is 55.1 Å². The molecule has 0 aliphatic rings. The second-order valence-corrected chi connectivity index (χ2v) is 4.62. The molecule has 0 saturated heterocycles. The van der Waals surface area contributed by atoms with Crippen molar-refractivity contribution in [3.05, 3.63) is 35.9 Å². The maximum atomic E-state index is 12.1. The Kier molecular flexibility index (Phi) is 6.44. The Morgan fingerprint density at radius 1 is 1.22 bits per heavy atom. The van der Waals surface area contributed by atoms with Gasteiger partial charge < -0.3 is 11.1 Å². The molecule has 1 aromatic carbocycles. The Hall–Kier alpha value is -1.35. The van der Waals surface area contributed by atoms with Gasteiger partial charge in [0.1, 0.15) is 0 Å². The van der Waals surface area contributed by atoms with Gasteiger partial charge in [-0.1, -0.05) is 44.2 Å². The Morgan fingerprint density at radius 3 is 2.44 bits per heavy atom. The van der Waals surface area contributed by atoms with Crippen LogP contribution in [0.2, 0.25) is 0 Å². The molecule has 0 saturated carbocycles. The molecule has 0 aliphatic heterocycles. The van der Waals surface area contributed by atoms with E-state index in [0.717, 1.165) is 24.8 Å². The van der Waals surface area contributed by atoms with Crippen LogP contribution in [-0.4, -0.2) is 18.5 Å². The molecule has 0 spiro atoms. The van der Waals surface area contributed by atoms with Crippen molar-refractivity contribution < 1.29 is 4.79 Å². The number of nitrogens with one attached hydrogen (secondary N) is 1. The van der Waals surface area contributed by atoms with Gasteiger partial charge in [-0.25, -0.2) is 0 Å². The second-order valence-electron chi connectivity index (χ2n) is 4.62. The number of rotatable bonds is 7. The summed E-state index contributed by atoms with van der Waals surface area (Å²) in [6.45, 7) is 4.76. The minimum Gasteiger partial charge on any atom is -0.356 e. The molecule has 3 N–H and O–H groups in total. The van der Waals surface area contributed by atoms with Crippen molar-refractivity contribution >= 4 is 5.91 Å². The van der Waals surface area contributed by atoms with Crippen molar-refractivity contribution in [3.8, 4) is 0 Å². The first-order valence-electron chi connectivity index (χ1n) is 6.77. The van der Waals surface area contributed by atoms with Gasteiger partial charge in [0.15, 0.2) is 0 Å². The summed E-state index contributed by atoms with van der Waals surface area (Å²) in [6.07, 6.45) is 2.61. The zero-order valence-corrected chi connectivity index (χ0v) is 11.4. The van der Waals surface area contributed by atoms with Crippen LogP contribution in [0.3, 0.4) is 0 Å². The molecule has 3 heteroatoms. The molecule has 0 aromatic heterocycles. The van der Waals surface area contributed by atoms with E-state index in [9.17, 15) is 4.79 Å². The van der Waals surface area contributed by atoms with Gasteiger partial charge >= 0.3 is 0 Å². The third-order valence-corrected chi connectivity index (χ3v) is 3.27. The van der Waals surface area contributed by atoms with Crippen molar-refractivity contribution in [1.82, 2.24) is 5.32 Å². The van der Waals surface area contributed by atoms with Crippen LogP contribution >= 0.6 is 0 Å². The third-order valence-electron chi connectivity index (χ3n) is 3.27. The zero-order valence-electron chi connectivity index (χ0n) is 11.4. The van der Waals surface area contributed by atoms with Crippen molar-refractivity contribution in [3.63, 3.8) is 0 Å². The highest BCUT2D eigenvalue weighted by Gasteiger charge is 2.17. The van der Waals surface area contributed by atoms with E-state index >= 15 is 0 Å². The number of carbonyl (C=O) groups excluding carboxylic acids is 1. The van der Waals surface area contributed by atoms with Crippen LogP contribution in [0.15, 0.2) is 30.3 Å². The fourth-order valence-corrected chi connectivity index (χ4v) is 1.97. The summed E-state index contributed by atoms with van der Waals surface area (Å²) in [5.41, 5.74) is 6.91. The molecule has 18 heavy (non-hydrogen) atoms. The van der Waals surface area contributed by atoms with Gasteiger partial charge in [0.2, 0.25) is 5.91 Å². The smallest absolute Gasteiger partial charge is 0.227 e. The molecule has 1 aromatic rings. The first kappa shape index (κ1) is 14.7. The van der Waals surface area contributed by atoms with Crippen LogP contribution < -0.4 is 11.1 Å². The minimum absolute atomic E-state index is 0.0518. The van der Waals surface area contributed by atoms with Gasteiger partial charge in [-0.05, 0) is 24.8 Å². The van der Waals surface area contributed by atoms with Crippen LogP contribution in [0.5, 0.6) is 0 Å². The number of nitrogens with two attached hydrogens (primary N) is 1. The maximum absolute atomic E-state index is 12.1. The first-order chi connectivity index (χ1) is 8.69. The zero-order chi connectivity index (χ0) is 13.4. The van der Waals surface area contributed by atoms with Crippen molar-refractivity contribution in [2.24, 2.45) is 5.73 Å². The molecule has 3 nitrogen and oxygen atoms in total. The lowest BCUT2D eigenvalue weighted by molar-refractivity contribution is -0.122. The lowest BCUT2D eigenvalue weighted by atomic mass is 9.95. The monoisotopic (exact) mass is 248 g/mol. The van der Waals surface area contributed by atoms with E-state index in [1.54, 1.807) is 0 Å². The average molecular weight is 248 g/mol. The van der Waals surface area contributed by atoms with Gasteiger partial charge in [-0.15, -0.1) is 0 Å². The molecule has 2 unspecified atom stereocenters. The molecular formula is C15H24N2O. The largest absolute Gasteiger partial charge is 0.356 e. The van der Waals surface area contributed by atoms with Crippen LogP contribution in [-0.2, 0) is 4.79 Å². The standard InChI is InChI=1S/C15H24N2O/c1-3-13(16)10-11-17-15(18)14(4-2)12-8-6-5-7-9-12/h5-9,13-14H,3-4,10-11,16H2,1-2H3,(H,17,18). The number of carbonyl (C=O) groups is 1. The molecule has 0 fully saturated rings. The second kappa shape index (κ2) is 7.88. The fraction of sp³-hybridized carbons (Fsp3) is 0.533. The summed E-state index contributed by atoms with van der Waals surface area (Å²) >= 11 is 0. The van der Waals surface area contributed by atoms with Crippen molar-refractivity contribution in [2.75, 3.05) is 6.54 Å². The van der Waals surface area contributed by atoms with Crippen LogP contribution in [0.4, 0.5) is 0 Å². The molecule has 2 atom stereocenters. The summed E-state index contributed by atoms with van der Waals surface area (Å²) in [5, 5.41) is 2.98.